The molecule has 8 N–H and O–H groups in total. The normalized spacial score (nSPS) is 52.6. The molecule has 0 bridgehead atoms. The van der Waals surface area contributed by atoms with Crippen molar-refractivity contribution in [1.29, 1.82) is 0 Å². The van der Waals surface area contributed by atoms with Crippen molar-refractivity contribution in [1.82, 2.24) is 0 Å². The number of hydrogen-bond acceptors (Lipinski definition) is 14. The Labute approximate surface area is 341 Å². The summed E-state index contributed by atoms with van der Waals surface area (Å²) in [5.74, 6) is -0.880. The number of ether oxygens (including phenoxy) is 5. The fourth-order valence-electron chi connectivity index (χ4n) is 13.9. The topological polar surface area (TPSA) is 242 Å². The summed E-state index contributed by atoms with van der Waals surface area (Å²) in [7, 11) is 1.40. The van der Waals surface area contributed by atoms with Gasteiger partial charge in [0.15, 0.2) is 12.6 Å². The molecular formula is C43H68O15. The van der Waals surface area contributed by atoms with Gasteiger partial charge in [-0.25, -0.2) is 0 Å². The molecule has 0 aromatic heterocycles. The molecular weight excluding hydrogens is 756 g/mol. The van der Waals surface area contributed by atoms with Gasteiger partial charge in [0.2, 0.25) is 0 Å². The summed E-state index contributed by atoms with van der Waals surface area (Å²) in [5, 5.41) is 84.3. The lowest BCUT2D eigenvalue weighted by Crippen LogP contribution is -2.67. The zero-order valence-corrected chi connectivity index (χ0v) is 35.1. The van der Waals surface area contributed by atoms with Crippen LogP contribution in [0.2, 0.25) is 0 Å². The van der Waals surface area contributed by atoms with Crippen LogP contribution in [0.3, 0.4) is 0 Å². The van der Waals surface area contributed by atoms with Gasteiger partial charge in [-0.05, 0) is 111 Å². The number of hydrogen-bond donors (Lipinski definition) is 8. The Morgan fingerprint density at radius 1 is 0.741 bits per heavy atom. The number of methoxy groups -OCH3 is 1. The van der Waals surface area contributed by atoms with Crippen molar-refractivity contribution in [3.05, 3.63) is 11.6 Å². The van der Waals surface area contributed by atoms with Crippen LogP contribution in [0.5, 0.6) is 0 Å². The monoisotopic (exact) mass is 824 g/mol. The van der Waals surface area contributed by atoms with Gasteiger partial charge < -0.3 is 64.5 Å². The highest BCUT2D eigenvalue weighted by Gasteiger charge is 2.70. The molecule has 2 aliphatic heterocycles. The highest BCUT2D eigenvalue weighted by molar-refractivity contribution is 5.80. The Morgan fingerprint density at radius 3 is 1.98 bits per heavy atom. The third kappa shape index (κ3) is 6.38. The molecule has 19 atom stereocenters. The Bertz CT molecular complexity index is 1600. The van der Waals surface area contributed by atoms with Crippen LogP contribution in [0.25, 0.3) is 0 Å². The summed E-state index contributed by atoms with van der Waals surface area (Å²) < 4.78 is 29.6. The van der Waals surface area contributed by atoms with E-state index in [1.54, 1.807) is 0 Å². The largest absolute Gasteiger partial charge is 0.481 e. The van der Waals surface area contributed by atoms with E-state index < -0.39 is 103 Å². The standard InChI is InChI=1S/C43H68O15/c1-38(2)25-10-13-42(6)26(9-8-21-22-18-39(3,37(53)54-7)14-16-43(22,36(51)52)17-15-41(21,42)5)40(25,4)12-11-27(38)57-35-33(31(49)29(47)24(20-45)56-35)58-34-32(50)30(48)28(46)23(19-44)55-34/h8,22-35,44-50H,9-20H2,1-7H3,(H,51,52)/t22-,23-,24-,25+,26+,27-,28-,29+,30-,31-,32-,33-,34+,35+,39+,40+,41-,42-,43-/m1/s1. The van der Waals surface area contributed by atoms with E-state index in [9.17, 15) is 50.4 Å². The van der Waals surface area contributed by atoms with E-state index in [4.69, 9.17) is 23.7 Å². The maximum Gasteiger partial charge on any atom is 0.311 e. The summed E-state index contributed by atoms with van der Waals surface area (Å²) in [5.41, 5.74) is -1.49. The van der Waals surface area contributed by atoms with Crippen molar-refractivity contribution in [3.63, 3.8) is 0 Å². The number of fused-ring (bicyclic) bond motifs is 7. The van der Waals surface area contributed by atoms with E-state index >= 15 is 0 Å². The molecule has 7 aliphatic rings. The molecule has 15 heteroatoms. The summed E-state index contributed by atoms with van der Waals surface area (Å²) in [6.45, 7) is 12.1. The first kappa shape index (κ1) is 44.3. The number of carbonyl (C=O) groups excluding carboxylic acids is 1. The van der Waals surface area contributed by atoms with Gasteiger partial charge in [0.05, 0.1) is 37.3 Å². The van der Waals surface area contributed by atoms with Crippen LogP contribution >= 0.6 is 0 Å². The SMILES string of the molecule is COC(=O)[C@@]1(C)CC[C@@]2(C(=O)O)CC[C@]3(C)C(=CC[C@H]4[C@@]5(C)CC[C@@H](O[C@@H]6O[C@H](CO)[C@H](O)[C@@H](O)[C@H]6O[C@@H]6O[C@H](CO)[C@@H](O)[C@@H](O)[C@H]6O)C(C)(C)[C@@H]5CC[C@]43C)[C@H]2C1. The van der Waals surface area contributed by atoms with Crippen LogP contribution in [-0.2, 0) is 33.3 Å². The molecule has 2 heterocycles. The predicted molar refractivity (Wildman–Crippen MR) is 204 cm³/mol. The molecule has 7 rings (SSSR count). The number of aliphatic hydroxyl groups excluding tert-OH is 7. The second-order valence-electron chi connectivity index (χ2n) is 20.6. The molecule has 0 radical (unpaired) electrons. The average molecular weight is 825 g/mol. The van der Waals surface area contributed by atoms with Crippen molar-refractivity contribution in [2.24, 2.45) is 50.2 Å². The minimum Gasteiger partial charge on any atom is -0.481 e. The van der Waals surface area contributed by atoms with E-state index in [2.05, 4.69) is 40.7 Å². The lowest BCUT2D eigenvalue weighted by atomic mass is 9.33. The number of carboxylic acids is 1. The van der Waals surface area contributed by atoms with Gasteiger partial charge in [-0.15, -0.1) is 0 Å². The number of aliphatic carboxylic acids is 1. The molecule has 4 saturated carbocycles. The number of allylic oxidation sites excluding steroid dienone is 2. The first-order chi connectivity index (χ1) is 27.1. The Morgan fingerprint density at radius 2 is 1.36 bits per heavy atom. The van der Waals surface area contributed by atoms with Crippen molar-refractivity contribution < 1.29 is 74.1 Å². The van der Waals surface area contributed by atoms with Crippen LogP contribution < -0.4 is 0 Å². The average Bonchev–Trinajstić information content (AvgIpc) is 3.18. The van der Waals surface area contributed by atoms with Gasteiger partial charge in [0.1, 0.15) is 48.8 Å². The van der Waals surface area contributed by atoms with Crippen LogP contribution in [0.1, 0.15) is 106 Å². The number of carboxylic acid groups (broad SMARTS) is 1. The van der Waals surface area contributed by atoms with Gasteiger partial charge in [0, 0.05) is 0 Å². The second-order valence-corrected chi connectivity index (χ2v) is 20.6. The Hall–Kier alpha value is -1.76. The van der Waals surface area contributed by atoms with E-state index in [1.165, 1.54) is 12.7 Å². The van der Waals surface area contributed by atoms with E-state index in [0.717, 1.165) is 32.1 Å². The maximum atomic E-state index is 13.2. The fourth-order valence-corrected chi connectivity index (χ4v) is 13.9. The number of rotatable bonds is 8. The molecule has 0 spiro atoms. The van der Waals surface area contributed by atoms with E-state index in [-0.39, 0.29) is 40.0 Å². The third-order valence-corrected chi connectivity index (χ3v) is 17.7. The van der Waals surface area contributed by atoms with Gasteiger partial charge in [0.25, 0.3) is 0 Å². The maximum absolute atomic E-state index is 13.2. The predicted octanol–water partition coefficient (Wildman–Crippen LogP) is 2.04. The van der Waals surface area contributed by atoms with Crippen LogP contribution in [0, 0.1) is 50.2 Å². The summed E-state index contributed by atoms with van der Waals surface area (Å²) in [4.78, 5) is 26.3. The lowest BCUT2D eigenvalue weighted by molar-refractivity contribution is -0.378. The van der Waals surface area contributed by atoms with E-state index in [1.807, 2.05) is 6.92 Å². The van der Waals surface area contributed by atoms with Crippen LogP contribution in [-0.4, -0.2) is 141 Å². The third-order valence-electron chi connectivity index (χ3n) is 17.7. The molecule has 0 aromatic carbocycles. The second kappa shape index (κ2) is 15.2. The van der Waals surface area contributed by atoms with Gasteiger partial charge >= 0.3 is 11.9 Å². The molecule has 0 aromatic rings. The minimum atomic E-state index is -1.77. The molecule has 5 aliphatic carbocycles. The zero-order chi connectivity index (χ0) is 42.5. The first-order valence-corrected chi connectivity index (χ1v) is 21.4. The van der Waals surface area contributed by atoms with Gasteiger partial charge in [-0.3, -0.25) is 9.59 Å². The summed E-state index contributed by atoms with van der Waals surface area (Å²) >= 11 is 0. The minimum absolute atomic E-state index is 0.140. The summed E-state index contributed by atoms with van der Waals surface area (Å²) in [6.07, 6.45) is -6.69. The molecule has 330 valence electrons. The summed E-state index contributed by atoms with van der Waals surface area (Å²) in [6, 6.07) is 0. The van der Waals surface area contributed by atoms with Crippen LogP contribution in [0.15, 0.2) is 11.6 Å². The number of aliphatic hydroxyl groups is 7. The van der Waals surface area contributed by atoms with Crippen molar-refractivity contribution in [2.75, 3.05) is 20.3 Å². The van der Waals surface area contributed by atoms with E-state index in [0.29, 0.717) is 32.1 Å². The van der Waals surface area contributed by atoms with Crippen molar-refractivity contribution in [2.45, 2.75) is 173 Å². The Kier molecular flexibility index (Phi) is 11.6. The highest BCUT2D eigenvalue weighted by Crippen LogP contribution is 2.76. The van der Waals surface area contributed by atoms with Gasteiger partial charge in [-0.1, -0.05) is 46.3 Å². The fraction of sp³-hybridized carbons (Fsp3) is 0.907. The quantitative estimate of drug-likeness (QED) is 0.0993. The first-order valence-electron chi connectivity index (χ1n) is 21.4. The molecule has 6 fully saturated rings. The van der Waals surface area contributed by atoms with Crippen molar-refractivity contribution >= 4 is 11.9 Å². The highest BCUT2D eigenvalue weighted by atomic mass is 16.8. The Balaban J connectivity index is 1.15. The lowest BCUT2D eigenvalue weighted by Gasteiger charge is -2.71. The van der Waals surface area contributed by atoms with Gasteiger partial charge in [-0.2, -0.15) is 0 Å². The molecule has 58 heavy (non-hydrogen) atoms. The van der Waals surface area contributed by atoms with Crippen molar-refractivity contribution in [3.8, 4) is 0 Å². The smallest absolute Gasteiger partial charge is 0.311 e. The number of esters is 1. The zero-order valence-electron chi connectivity index (χ0n) is 35.1. The number of carbonyl (C=O) groups is 2. The molecule has 0 unspecified atom stereocenters. The molecule has 15 nitrogen and oxygen atoms in total. The molecule has 2 saturated heterocycles. The van der Waals surface area contributed by atoms with Crippen LogP contribution in [0.4, 0.5) is 0 Å². The molecule has 0 amide bonds.